The van der Waals surface area contributed by atoms with E-state index in [0.717, 1.165) is 0 Å². The van der Waals surface area contributed by atoms with Crippen LogP contribution < -0.4 is 10.3 Å². The maximum Gasteiger partial charge on any atom is 0.266 e. The first kappa shape index (κ1) is 14.5. The quantitative estimate of drug-likeness (QED) is 0.695. The molecule has 0 fully saturated rings. The van der Waals surface area contributed by atoms with Crippen LogP contribution in [0.2, 0.25) is 0 Å². The highest BCUT2D eigenvalue weighted by Crippen LogP contribution is 2.21. The van der Waals surface area contributed by atoms with Crippen molar-refractivity contribution < 1.29 is 4.74 Å². The maximum atomic E-state index is 12.8. The third-order valence-corrected chi connectivity index (χ3v) is 3.48. The standard InChI is InChI=1S/C16H14ClN3O2/c1-2-22-15-13(8-5-9-18-15)20-14(10-17)19-12-7-4-3-6-11(12)16(20)21/h3-9H,2,10H2,1H3. The average molecular weight is 316 g/mol. The highest BCUT2D eigenvalue weighted by Gasteiger charge is 2.15. The first-order valence-corrected chi connectivity index (χ1v) is 7.44. The van der Waals surface area contributed by atoms with Crippen LogP contribution in [-0.2, 0) is 5.88 Å². The lowest BCUT2D eigenvalue weighted by molar-refractivity contribution is 0.325. The summed E-state index contributed by atoms with van der Waals surface area (Å²) in [5.41, 5.74) is 0.986. The second-order valence-corrected chi connectivity index (χ2v) is 4.85. The molecule has 0 aliphatic rings. The Morgan fingerprint density at radius 3 is 2.82 bits per heavy atom. The first-order chi connectivity index (χ1) is 10.8. The molecule has 5 nitrogen and oxygen atoms in total. The molecular formula is C16H14ClN3O2. The fourth-order valence-electron chi connectivity index (χ4n) is 2.32. The summed E-state index contributed by atoms with van der Waals surface area (Å²) in [4.78, 5) is 21.5. The summed E-state index contributed by atoms with van der Waals surface area (Å²) in [5.74, 6) is 0.954. The predicted octanol–water partition coefficient (Wildman–Crippen LogP) is 2.92. The highest BCUT2D eigenvalue weighted by atomic mass is 35.5. The zero-order valence-electron chi connectivity index (χ0n) is 12.0. The number of halogens is 1. The fourth-order valence-corrected chi connectivity index (χ4v) is 2.50. The largest absolute Gasteiger partial charge is 0.476 e. The zero-order valence-corrected chi connectivity index (χ0v) is 12.7. The number of benzene rings is 1. The number of aromatic nitrogens is 3. The summed E-state index contributed by atoms with van der Waals surface area (Å²) < 4.78 is 6.98. The van der Waals surface area contributed by atoms with Crippen molar-refractivity contribution in [3.8, 4) is 11.6 Å². The van der Waals surface area contributed by atoms with Gasteiger partial charge in [-0.15, -0.1) is 11.6 Å². The Morgan fingerprint density at radius 1 is 1.23 bits per heavy atom. The Bertz CT molecular complexity index is 877. The first-order valence-electron chi connectivity index (χ1n) is 6.91. The summed E-state index contributed by atoms with van der Waals surface area (Å²) in [6.07, 6.45) is 1.62. The second-order valence-electron chi connectivity index (χ2n) is 4.58. The Labute approximate surface area is 132 Å². The third-order valence-electron chi connectivity index (χ3n) is 3.24. The van der Waals surface area contributed by atoms with E-state index in [-0.39, 0.29) is 11.4 Å². The topological polar surface area (TPSA) is 57.0 Å². The Balaban J connectivity index is 2.35. The molecule has 0 N–H and O–H groups in total. The molecule has 0 aliphatic heterocycles. The SMILES string of the molecule is CCOc1ncccc1-n1c(CCl)nc2ccccc2c1=O. The number of hydrogen-bond donors (Lipinski definition) is 0. The monoisotopic (exact) mass is 315 g/mol. The molecule has 6 heteroatoms. The molecule has 3 rings (SSSR count). The predicted molar refractivity (Wildman–Crippen MR) is 85.9 cm³/mol. The normalized spacial score (nSPS) is 10.8. The van der Waals surface area contributed by atoms with Crippen molar-refractivity contribution in [1.29, 1.82) is 0 Å². The van der Waals surface area contributed by atoms with Crippen molar-refractivity contribution >= 4 is 22.5 Å². The van der Waals surface area contributed by atoms with Crippen LogP contribution >= 0.6 is 11.6 Å². The minimum atomic E-state index is -0.185. The number of rotatable bonds is 4. The molecular weight excluding hydrogens is 302 g/mol. The van der Waals surface area contributed by atoms with Gasteiger partial charge < -0.3 is 4.74 Å². The molecule has 0 radical (unpaired) electrons. The number of nitrogens with zero attached hydrogens (tertiary/aromatic N) is 3. The summed E-state index contributed by atoms with van der Waals surface area (Å²) in [7, 11) is 0. The van der Waals surface area contributed by atoms with Crippen molar-refractivity contribution in [2.75, 3.05) is 6.61 Å². The third kappa shape index (κ3) is 2.44. The lowest BCUT2D eigenvalue weighted by Crippen LogP contribution is -2.24. The van der Waals surface area contributed by atoms with E-state index in [0.29, 0.717) is 34.9 Å². The number of alkyl halides is 1. The zero-order chi connectivity index (χ0) is 15.5. The number of ether oxygens (including phenoxy) is 1. The maximum absolute atomic E-state index is 12.8. The van der Waals surface area contributed by atoms with Gasteiger partial charge in [-0.3, -0.25) is 9.36 Å². The number of hydrogen-bond acceptors (Lipinski definition) is 4. The van der Waals surface area contributed by atoms with Gasteiger partial charge >= 0.3 is 0 Å². The Kier molecular flexibility index (Phi) is 4.06. The van der Waals surface area contributed by atoms with Gasteiger partial charge in [-0.05, 0) is 31.2 Å². The van der Waals surface area contributed by atoms with Crippen LogP contribution in [0.3, 0.4) is 0 Å². The van der Waals surface area contributed by atoms with Gasteiger partial charge in [0, 0.05) is 6.20 Å². The highest BCUT2D eigenvalue weighted by molar-refractivity contribution is 6.16. The minimum absolute atomic E-state index is 0.112. The number of para-hydroxylation sites is 1. The van der Waals surface area contributed by atoms with E-state index in [1.54, 1.807) is 30.5 Å². The molecule has 1 aromatic carbocycles. The lowest BCUT2D eigenvalue weighted by Gasteiger charge is -2.14. The second kappa shape index (κ2) is 6.15. The van der Waals surface area contributed by atoms with Crippen molar-refractivity contribution in [3.05, 3.63) is 58.8 Å². The van der Waals surface area contributed by atoms with Crippen molar-refractivity contribution in [2.24, 2.45) is 0 Å². The molecule has 0 unspecified atom stereocenters. The van der Waals surface area contributed by atoms with E-state index in [4.69, 9.17) is 16.3 Å². The van der Waals surface area contributed by atoms with Crippen LogP contribution in [0.5, 0.6) is 5.88 Å². The van der Waals surface area contributed by atoms with Gasteiger partial charge in [0.1, 0.15) is 11.5 Å². The van der Waals surface area contributed by atoms with Crippen LogP contribution in [-0.4, -0.2) is 21.1 Å². The van der Waals surface area contributed by atoms with Gasteiger partial charge in [-0.1, -0.05) is 12.1 Å². The van der Waals surface area contributed by atoms with Crippen LogP contribution in [0.1, 0.15) is 12.7 Å². The molecule has 22 heavy (non-hydrogen) atoms. The molecule has 0 aliphatic carbocycles. The van der Waals surface area contributed by atoms with Gasteiger partial charge in [0.25, 0.3) is 5.56 Å². The van der Waals surface area contributed by atoms with Crippen molar-refractivity contribution in [1.82, 2.24) is 14.5 Å². The summed E-state index contributed by atoms with van der Waals surface area (Å²) in [6.45, 7) is 2.32. The van der Waals surface area contributed by atoms with E-state index >= 15 is 0 Å². The van der Waals surface area contributed by atoms with E-state index in [1.165, 1.54) is 4.57 Å². The molecule has 0 saturated carbocycles. The molecule has 3 aromatic rings. The van der Waals surface area contributed by atoms with Gasteiger partial charge in [0.15, 0.2) is 0 Å². The van der Waals surface area contributed by atoms with Crippen LogP contribution in [0.25, 0.3) is 16.6 Å². The number of pyridine rings is 1. The molecule has 0 bridgehead atoms. The van der Waals surface area contributed by atoms with Crippen LogP contribution in [0, 0.1) is 0 Å². The molecule has 2 heterocycles. The van der Waals surface area contributed by atoms with E-state index in [1.807, 2.05) is 19.1 Å². The Hall–Kier alpha value is -2.40. The molecule has 2 aromatic heterocycles. The summed E-state index contributed by atoms with van der Waals surface area (Å²) in [5, 5.41) is 0.530. The Morgan fingerprint density at radius 2 is 2.05 bits per heavy atom. The van der Waals surface area contributed by atoms with Gasteiger partial charge in [0.05, 0.1) is 23.4 Å². The fraction of sp³-hybridized carbons (Fsp3) is 0.188. The molecule has 0 spiro atoms. The van der Waals surface area contributed by atoms with Gasteiger partial charge in [-0.25, -0.2) is 9.97 Å². The van der Waals surface area contributed by atoms with E-state index in [9.17, 15) is 4.79 Å². The van der Waals surface area contributed by atoms with Gasteiger partial charge in [0.2, 0.25) is 5.88 Å². The smallest absolute Gasteiger partial charge is 0.266 e. The molecule has 0 atom stereocenters. The van der Waals surface area contributed by atoms with Crippen molar-refractivity contribution in [3.63, 3.8) is 0 Å². The lowest BCUT2D eigenvalue weighted by atomic mass is 10.2. The van der Waals surface area contributed by atoms with Crippen molar-refractivity contribution in [2.45, 2.75) is 12.8 Å². The molecule has 112 valence electrons. The van der Waals surface area contributed by atoms with E-state index in [2.05, 4.69) is 9.97 Å². The molecule has 0 saturated heterocycles. The van der Waals surface area contributed by atoms with Crippen LogP contribution in [0.15, 0.2) is 47.4 Å². The van der Waals surface area contributed by atoms with E-state index < -0.39 is 0 Å². The van der Waals surface area contributed by atoms with Gasteiger partial charge in [-0.2, -0.15) is 0 Å². The average Bonchev–Trinajstić information content (AvgIpc) is 2.56. The summed E-state index contributed by atoms with van der Waals surface area (Å²) in [6, 6.07) is 10.7. The number of fused-ring (bicyclic) bond motifs is 1. The minimum Gasteiger partial charge on any atom is -0.476 e. The summed E-state index contributed by atoms with van der Waals surface area (Å²) >= 11 is 6.00. The van der Waals surface area contributed by atoms with Crippen LogP contribution in [0.4, 0.5) is 0 Å². The molecule has 0 amide bonds.